The van der Waals surface area contributed by atoms with E-state index in [-0.39, 0.29) is 67.1 Å². The number of likely N-dealkylation sites (tertiary alicyclic amines) is 1. The van der Waals surface area contributed by atoms with Crippen molar-refractivity contribution in [1.82, 2.24) is 15.5 Å². The molecule has 4 atom stereocenters. The molecule has 3 amide bonds. The first kappa shape index (κ1) is 18.2. The molecule has 2 N–H and O–H groups in total. The minimum absolute atomic E-state index is 0. The van der Waals surface area contributed by atoms with Crippen molar-refractivity contribution in [3.8, 4) is 0 Å². The molecule has 3 heterocycles. The minimum atomic E-state index is -0.303. The van der Waals surface area contributed by atoms with Crippen LogP contribution in [0.25, 0.3) is 0 Å². The zero-order valence-electron chi connectivity index (χ0n) is 13.2. The van der Waals surface area contributed by atoms with E-state index in [9.17, 15) is 14.4 Å². The summed E-state index contributed by atoms with van der Waals surface area (Å²) in [6, 6.07) is 0. The molecule has 4 unspecified atom stereocenters. The predicted octanol–water partition coefficient (Wildman–Crippen LogP) is -0.314. The topological polar surface area (TPSA) is 87.7 Å². The van der Waals surface area contributed by atoms with E-state index in [0.29, 0.717) is 13.1 Å². The minimum Gasteiger partial charge on any atom is -0.373 e. The average Bonchev–Trinajstić information content (AvgIpc) is 3.17. The SMILES string of the molecule is CCNCCNC(=O)CCN1C(=O)C2C3CCC(O3)C2C1=O.Cl. The summed E-state index contributed by atoms with van der Waals surface area (Å²) in [5, 5.41) is 5.89. The van der Waals surface area contributed by atoms with Crippen molar-refractivity contribution >= 4 is 30.1 Å². The van der Waals surface area contributed by atoms with E-state index < -0.39 is 0 Å². The van der Waals surface area contributed by atoms with Crippen molar-refractivity contribution in [3.05, 3.63) is 0 Å². The monoisotopic (exact) mass is 345 g/mol. The largest absolute Gasteiger partial charge is 0.373 e. The smallest absolute Gasteiger partial charge is 0.235 e. The molecule has 8 heteroatoms. The lowest BCUT2D eigenvalue weighted by Gasteiger charge is -2.17. The zero-order chi connectivity index (χ0) is 15.7. The van der Waals surface area contributed by atoms with Gasteiger partial charge in [0.2, 0.25) is 17.7 Å². The summed E-state index contributed by atoms with van der Waals surface area (Å²) >= 11 is 0. The van der Waals surface area contributed by atoms with Gasteiger partial charge in [-0.05, 0) is 19.4 Å². The van der Waals surface area contributed by atoms with Crippen LogP contribution in [0.4, 0.5) is 0 Å². The van der Waals surface area contributed by atoms with E-state index in [4.69, 9.17) is 4.74 Å². The van der Waals surface area contributed by atoms with E-state index in [0.717, 1.165) is 19.4 Å². The Morgan fingerprint density at radius 2 is 1.78 bits per heavy atom. The van der Waals surface area contributed by atoms with Crippen LogP contribution >= 0.6 is 12.4 Å². The Morgan fingerprint density at radius 3 is 2.35 bits per heavy atom. The van der Waals surface area contributed by atoms with Crippen molar-refractivity contribution in [1.29, 1.82) is 0 Å². The lowest BCUT2D eigenvalue weighted by molar-refractivity contribution is -0.142. The van der Waals surface area contributed by atoms with Gasteiger partial charge in [0, 0.05) is 26.1 Å². The number of hydrogen-bond acceptors (Lipinski definition) is 5. The van der Waals surface area contributed by atoms with E-state index in [1.165, 1.54) is 4.90 Å². The highest BCUT2D eigenvalue weighted by Crippen LogP contribution is 2.48. The van der Waals surface area contributed by atoms with Gasteiger partial charge in [-0.15, -0.1) is 12.4 Å². The third-order valence-electron chi connectivity index (χ3n) is 4.81. The molecule has 3 fully saturated rings. The number of nitrogens with one attached hydrogen (secondary N) is 2. The number of amides is 3. The Hall–Kier alpha value is -1.18. The highest BCUT2D eigenvalue weighted by Gasteiger charge is 2.62. The van der Waals surface area contributed by atoms with Crippen LogP contribution in [0.15, 0.2) is 0 Å². The summed E-state index contributed by atoms with van der Waals surface area (Å²) in [4.78, 5) is 37.8. The van der Waals surface area contributed by atoms with Gasteiger partial charge in [-0.3, -0.25) is 19.3 Å². The Bertz CT molecular complexity index is 459. The van der Waals surface area contributed by atoms with Gasteiger partial charge in [0.25, 0.3) is 0 Å². The molecule has 0 spiro atoms. The number of carbonyl (C=O) groups excluding carboxylic acids is 3. The molecular formula is C15H24ClN3O4. The predicted molar refractivity (Wildman–Crippen MR) is 85.0 cm³/mol. The molecule has 0 radical (unpaired) electrons. The van der Waals surface area contributed by atoms with Crippen LogP contribution < -0.4 is 10.6 Å². The first-order valence-corrected chi connectivity index (χ1v) is 8.11. The number of carbonyl (C=O) groups is 3. The third-order valence-corrected chi connectivity index (χ3v) is 4.81. The number of nitrogens with zero attached hydrogens (tertiary/aromatic N) is 1. The Balaban J connectivity index is 0.00000192. The molecule has 0 aliphatic carbocycles. The van der Waals surface area contributed by atoms with Crippen LogP contribution in [0.1, 0.15) is 26.2 Å². The van der Waals surface area contributed by atoms with Crippen LogP contribution in [0, 0.1) is 11.8 Å². The van der Waals surface area contributed by atoms with Crippen LogP contribution in [-0.4, -0.2) is 61.0 Å². The fourth-order valence-electron chi connectivity index (χ4n) is 3.76. The number of rotatable bonds is 7. The van der Waals surface area contributed by atoms with Crippen LogP contribution in [-0.2, 0) is 19.1 Å². The first-order valence-electron chi connectivity index (χ1n) is 8.11. The number of hydrogen-bond donors (Lipinski definition) is 2. The highest BCUT2D eigenvalue weighted by molar-refractivity contribution is 6.06. The van der Waals surface area contributed by atoms with Crippen molar-refractivity contribution in [2.24, 2.45) is 11.8 Å². The van der Waals surface area contributed by atoms with Crippen molar-refractivity contribution in [2.75, 3.05) is 26.2 Å². The molecule has 2 bridgehead atoms. The van der Waals surface area contributed by atoms with Crippen LogP contribution in [0.5, 0.6) is 0 Å². The molecule has 3 rings (SSSR count). The van der Waals surface area contributed by atoms with E-state index in [1.54, 1.807) is 0 Å². The maximum Gasteiger partial charge on any atom is 0.235 e. The summed E-state index contributed by atoms with van der Waals surface area (Å²) in [5.74, 6) is -1.04. The van der Waals surface area contributed by atoms with Gasteiger partial charge in [-0.2, -0.15) is 0 Å². The van der Waals surface area contributed by atoms with E-state index in [2.05, 4.69) is 10.6 Å². The normalized spacial score (nSPS) is 31.3. The van der Waals surface area contributed by atoms with Crippen molar-refractivity contribution in [3.63, 3.8) is 0 Å². The molecule has 0 aromatic rings. The van der Waals surface area contributed by atoms with E-state index in [1.807, 2.05) is 6.92 Å². The second-order valence-electron chi connectivity index (χ2n) is 6.12. The second kappa shape index (κ2) is 7.59. The van der Waals surface area contributed by atoms with Crippen molar-refractivity contribution in [2.45, 2.75) is 38.4 Å². The summed E-state index contributed by atoms with van der Waals surface area (Å²) < 4.78 is 5.68. The van der Waals surface area contributed by atoms with Gasteiger partial charge in [-0.1, -0.05) is 6.92 Å². The lowest BCUT2D eigenvalue weighted by Crippen LogP contribution is -2.38. The molecule has 7 nitrogen and oxygen atoms in total. The summed E-state index contributed by atoms with van der Waals surface area (Å²) in [7, 11) is 0. The molecule has 3 aliphatic rings. The van der Waals surface area contributed by atoms with Gasteiger partial charge in [0.1, 0.15) is 0 Å². The number of imide groups is 1. The molecule has 0 aromatic heterocycles. The van der Waals surface area contributed by atoms with Gasteiger partial charge in [-0.25, -0.2) is 0 Å². The van der Waals surface area contributed by atoms with E-state index >= 15 is 0 Å². The quantitative estimate of drug-likeness (QED) is 0.488. The second-order valence-corrected chi connectivity index (χ2v) is 6.12. The first-order chi connectivity index (χ1) is 10.6. The van der Waals surface area contributed by atoms with Crippen LogP contribution in [0.3, 0.4) is 0 Å². The number of fused-ring (bicyclic) bond motifs is 5. The molecule has 130 valence electrons. The zero-order valence-corrected chi connectivity index (χ0v) is 14.1. The van der Waals surface area contributed by atoms with Gasteiger partial charge < -0.3 is 15.4 Å². The van der Waals surface area contributed by atoms with Gasteiger partial charge in [0.15, 0.2) is 0 Å². The molecule has 23 heavy (non-hydrogen) atoms. The summed E-state index contributed by atoms with van der Waals surface area (Å²) in [6.07, 6.45) is 1.71. The van der Waals surface area contributed by atoms with Crippen molar-refractivity contribution < 1.29 is 19.1 Å². The Kier molecular flexibility index (Phi) is 6.00. The summed E-state index contributed by atoms with van der Waals surface area (Å²) in [6.45, 7) is 4.31. The van der Waals surface area contributed by atoms with Crippen LogP contribution in [0.2, 0.25) is 0 Å². The standard InChI is InChI=1S/C15H23N3O4.ClH/c1-2-16-6-7-17-11(19)5-8-18-14(20)12-9-3-4-10(22-9)13(12)15(18)21;/h9-10,12-13,16H,2-8H2,1H3,(H,17,19);1H. The highest BCUT2D eigenvalue weighted by atomic mass is 35.5. The molecule has 3 saturated heterocycles. The fourth-order valence-corrected chi connectivity index (χ4v) is 3.76. The summed E-state index contributed by atoms with van der Waals surface area (Å²) in [5.41, 5.74) is 0. The molecule has 0 saturated carbocycles. The Morgan fingerprint density at radius 1 is 1.17 bits per heavy atom. The third kappa shape index (κ3) is 3.36. The number of halogens is 1. The number of ether oxygens (including phenoxy) is 1. The fraction of sp³-hybridized carbons (Fsp3) is 0.800. The maximum atomic E-state index is 12.4. The average molecular weight is 346 g/mol. The van der Waals surface area contributed by atoms with Gasteiger partial charge >= 0.3 is 0 Å². The maximum absolute atomic E-state index is 12.4. The molecule has 3 aliphatic heterocycles. The number of likely N-dealkylation sites (N-methyl/N-ethyl adjacent to an activating group) is 1. The Labute approximate surface area is 141 Å². The van der Waals surface area contributed by atoms with Gasteiger partial charge in [0.05, 0.1) is 24.0 Å². The lowest BCUT2D eigenvalue weighted by atomic mass is 9.81. The molecule has 0 aromatic carbocycles. The molecular weight excluding hydrogens is 322 g/mol.